The number of sulfonamides is 1. The molecule has 2 aliphatic rings. The lowest BCUT2D eigenvalue weighted by Gasteiger charge is -2.37. The summed E-state index contributed by atoms with van der Waals surface area (Å²) in [5, 5.41) is 4.34. The van der Waals surface area contributed by atoms with Crippen molar-refractivity contribution in [2.45, 2.75) is 30.2 Å². The molecule has 1 aliphatic carbocycles. The lowest BCUT2D eigenvalue weighted by Crippen LogP contribution is -2.29. The molecule has 1 aliphatic heterocycles. The van der Waals surface area contributed by atoms with E-state index in [0.717, 1.165) is 28.8 Å². The number of allylic oxidation sites excluding steroid dienone is 2. The van der Waals surface area contributed by atoms with E-state index in [9.17, 15) is 8.42 Å². The van der Waals surface area contributed by atoms with Crippen LogP contribution in [0.4, 0.5) is 11.4 Å². The molecule has 0 saturated heterocycles. The first-order valence-electron chi connectivity index (χ1n) is 10.9. The van der Waals surface area contributed by atoms with Gasteiger partial charge in [-0.2, -0.15) is 0 Å². The molecule has 5 nitrogen and oxygen atoms in total. The summed E-state index contributed by atoms with van der Waals surface area (Å²) in [7, 11) is -2.27. The van der Waals surface area contributed by atoms with Gasteiger partial charge >= 0.3 is 0 Å². The molecule has 0 fully saturated rings. The minimum absolute atomic E-state index is 0.105. The van der Waals surface area contributed by atoms with Gasteiger partial charge in [-0.3, -0.25) is 4.72 Å². The Balaban J connectivity index is 1.50. The number of hydrogen-bond acceptors (Lipinski definition) is 4. The highest BCUT2D eigenvalue weighted by Gasteiger charge is 2.38. The first-order valence-corrected chi connectivity index (χ1v) is 12.7. The summed E-state index contributed by atoms with van der Waals surface area (Å²) in [6.45, 7) is 1.91. The predicted octanol–water partition coefficient (Wildman–Crippen LogP) is 6.28. The maximum atomic E-state index is 13.3. The number of nitrogens with one attached hydrogen (secondary N) is 2. The van der Waals surface area contributed by atoms with Gasteiger partial charge in [0.05, 0.1) is 23.7 Å². The Hall–Kier alpha value is -2.96. The van der Waals surface area contributed by atoms with Crippen LogP contribution in [0.5, 0.6) is 5.75 Å². The van der Waals surface area contributed by atoms with E-state index in [4.69, 9.17) is 16.3 Å². The van der Waals surface area contributed by atoms with E-state index < -0.39 is 10.0 Å². The average Bonchev–Trinajstić information content (AvgIpc) is 3.28. The van der Waals surface area contributed by atoms with Crippen LogP contribution in [-0.2, 0) is 10.0 Å². The van der Waals surface area contributed by atoms with Crippen LogP contribution in [0, 0.1) is 12.8 Å². The molecular formula is C26H25ClN2O3S. The zero-order chi connectivity index (χ0) is 23.2. The van der Waals surface area contributed by atoms with Crippen LogP contribution < -0.4 is 14.8 Å². The summed E-state index contributed by atoms with van der Waals surface area (Å²) in [4.78, 5) is 0.229. The van der Waals surface area contributed by atoms with Crippen molar-refractivity contribution in [2.24, 2.45) is 5.92 Å². The number of rotatable bonds is 5. The van der Waals surface area contributed by atoms with Crippen molar-refractivity contribution in [3.8, 4) is 5.75 Å². The predicted molar refractivity (Wildman–Crippen MR) is 133 cm³/mol. The van der Waals surface area contributed by atoms with E-state index in [2.05, 4.69) is 28.3 Å². The fraction of sp³-hybridized carbons (Fsp3) is 0.231. The van der Waals surface area contributed by atoms with E-state index in [1.165, 1.54) is 7.11 Å². The third-order valence-corrected chi connectivity index (χ3v) is 8.05. The number of ether oxygens (including phenoxy) is 1. The van der Waals surface area contributed by atoms with Gasteiger partial charge in [0, 0.05) is 16.6 Å². The molecular weight excluding hydrogens is 456 g/mol. The molecule has 3 atom stereocenters. The van der Waals surface area contributed by atoms with Gasteiger partial charge in [-0.15, -0.1) is 0 Å². The van der Waals surface area contributed by atoms with Gasteiger partial charge in [-0.05, 0) is 78.4 Å². The van der Waals surface area contributed by atoms with Crippen molar-refractivity contribution in [3.63, 3.8) is 0 Å². The SMILES string of the molecule is COc1ccc(C)cc1NS(=O)(=O)c1ccc2c(c1)C1C=CCC1C(c1cccc(Cl)c1)N2. The lowest BCUT2D eigenvalue weighted by molar-refractivity contribution is 0.417. The molecule has 0 radical (unpaired) electrons. The summed E-state index contributed by atoms with van der Waals surface area (Å²) in [5.41, 5.74) is 4.44. The van der Waals surface area contributed by atoms with Crippen LogP contribution in [0.2, 0.25) is 5.02 Å². The number of anilines is 2. The van der Waals surface area contributed by atoms with Crippen molar-refractivity contribution in [1.82, 2.24) is 0 Å². The molecule has 2 N–H and O–H groups in total. The maximum absolute atomic E-state index is 13.3. The largest absolute Gasteiger partial charge is 0.495 e. The van der Waals surface area contributed by atoms with E-state index >= 15 is 0 Å². The molecule has 1 heterocycles. The monoisotopic (exact) mass is 480 g/mol. The number of hydrogen-bond donors (Lipinski definition) is 2. The maximum Gasteiger partial charge on any atom is 0.262 e. The molecule has 0 saturated carbocycles. The molecule has 33 heavy (non-hydrogen) atoms. The van der Waals surface area contributed by atoms with Gasteiger partial charge in [0.1, 0.15) is 5.75 Å². The minimum Gasteiger partial charge on any atom is -0.495 e. The fourth-order valence-electron chi connectivity index (χ4n) is 4.87. The number of benzene rings is 3. The van der Waals surface area contributed by atoms with Crippen LogP contribution in [0.1, 0.15) is 35.1 Å². The van der Waals surface area contributed by atoms with Gasteiger partial charge in [-0.25, -0.2) is 8.42 Å². The Morgan fingerprint density at radius 1 is 1.09 bits per heavy atom. The summed E-state index contributed by atoms with van der Waals surface area (Å²) < 4.78 is 34.6. The second-order valence-corrected chi connectivity index (χ2v) is 10.7. The quantitative estimate of drug-likeness (QED) is 0.421. The van der Waals surface area contributed by atoms with Crippen molar-refractivity contribution in [2.75, 3.05) is 17.1 Å². The van der Waals surface area contributed by atoms with E-state index in [-0.39, 0.29) is 16.9 Å². The zero-order valence-electron chi connectivity index (χ0n) is 18.4. The summed E-state index contributed by atoms with van der Waals surface area (Å²) >= 11 is 6.25. The first-order chi connectivity index (χ1) is 15.9. The topological polar surface area (TPSA) is 67.4 Å². The fourth-order valence-corrected chi connectivity index (χ4v) is 6.17. The van der Waals surface area contributed by atoms with E-state index in [0.29, 0.717) is 22.4 Å². The van der Waals surface area contributed by atoms with Gasteiger partial charge in [0.25, 0.3) is 10.0 Å². The van der Waals surface area contributed by atoms with Crippen molar-refractivity contribution in [1.29, 1.82) is 0 Å². The summed E-state index contributed by atoms with van der Waals surface area (Å²) in [6, 6.07) is 18.7. The standard InChI is InChI=1S/C26H25ClN2O3S/c1-16-9-12-25(32-2)24(13-16)29-33(30,31)19-10-11-23-22(15-19)20-7-4-8-21(20)26(28-23)17-5-3-6-18(27)14-17/h3-7,9-15,20-21,26,28-29H,8H2,1-2H3. The summed E-state index contributed by atoms with van der Waals surface area (Å²) in [6.07, 6.45) is 5.29. The van der Waals surface area contributed by atoms with Crippen LogP contribution in [0.3, 0.4) is 0 Å². The molecule has 5 rings (SSSR count). The van der Waals surface area contributed by atoms with E-state index in [1.54, 1.807) is 24.3 Å². The Morgan fingerprint density at radius 3 is 2.73 bits per heavy atom. The molecule has 3 unspecified atom stereocenters. The number of aryl methyl sites for hydroxylation is 1. The van der Waals surface area contributed by atoms with Crippen molar-refractivity contribution >= 4 is 33.0 Å². The highest BCUT2D eigenvalue weighted by atomic mass is 35.5. The third-order valence-electron chi connectivity index (χ3n) is 6.45. The Labute approximate surface area is 199 Å². The molecule has 170 valence electrons. The second kappa shape index (κ2) is 8.43. The Kier molecular flexibility index (Phi) is 5.59. The van der Waals surface area contributed by atoms with Gasteiger partial charge in [0.2, 0.25) is 0 Å². The zero-order valence-corrected chi connectivity index (χ0v) is 20.0. The number of fused-ring (bicyclic) bond motifs is 3. The second-order valence-electron chi connectivity index (χ2n) is 8.59. The van der Waals surface area contributed by atoms with Gasteiger partial charge in [-0.1, -0.05) is 42.0 Å². The Bertz CT molecular complexity index is 1350. The van der Waals surface area contributed by atoms with Crippen molar-refractivity contribution < 1.29 is 13.2 Å². The number of methoxy groups -OCH3 is 1. The molecule has 7 heteroatoms. The van der Waals surface area contributed by atoms with Crippen LogP contribution >= 0.6 is 11.6 Å². The molecule has 3 aromatic rings. The molecule has 0 spiro atoms. The minimum atomic E-state index is -3.80. The lowest BCUT2D eigenvalue weighted by atomic mass is 9.77. The third kappa shape index (κ3) is 4.09. The van der Waals surface area contributed by atoms with Crippen LogP contribution in [-0.4, -0.2) is 15.5 Å². The van der Waals surface area contributed by atoms with Crippen molar-refractivity contribution in [3.05, 3.63) is 94.5 Å². The van der Waals surface area contributed by atoms with E-state index in [1.807, 2.05) is 37.3 Å². The van der Waals surface area contributed by atoms with Gasteiger partial charge in [0.15, 0.2) is 0 Å². The first kappa shape index (κ1) is 21.9. The van der Waals surface area contributed by atoms with Gasteiger partial charge < -0.3 is 10.1 Å². The highest BCUT2D eigenvalue weighted by Crippen LogP contribution is 2.50. The number of halogens is 1. The average molecular weight is 481 g/mol. The Morgan fingerprint density at radius 2 is 1.94 bits per heavy atom. The van der Waals surface area contributed by atoms with Crippen LogP contribution in [0.25, 0.3) is 0 Å². The molecule has 0 amide bonds. The highest BCUT2D eigenvalue weighted by molar-refractivity contribution is 7.92. The molecule has 0 bridgehead atoms. The smallest absolute Gasteiger partial charge is 0.262 e. The molecule has 3 aromatic carbocycles. The van der Waals surface area contributed by atoms with Crippen LogP contribution in [0.15, 0.2) is 77.7 Å². The normalized spacial score (nSPS) is 21.1. The molecule has 0 aromatic heterocycles. The summed E-state index contributed by atoms with van der Waals surface area (Å²) in [5.74, 6) is 0.902.